The van der Waals surface area contributed by atoms with E-state index in [2.05, 4.69) is 5.32 Å². The molecule has 110 valence electrons. The standard InChI is InChI=1S/C18H21NO2/c1-2-5-14-6-3-4-7-18(14)20-13-17-11-10-16(21-17)12-19-15-8-9-15/h2-7,10-11,15,19H,8-9,12-13H2,1H3. The van der Waals surface area contributed by atoms with E-state index in [0.29, 0.717) is 12.6 Å². The number of hydrogen-bond acceptors (Lipinski definition) is 3. The highest BCUT2D eigenvalue weighted by atomic mass is 16.5. The highest BCUT2D eigenvalue weighted by molar-refractivity contribution is 5.56. The zero-order valence-electron chi connectivity index (χ0n) is 12.3. The van der Waals surface area contributed by atoms with Crippen LogP contribution in [0.3, 0.4) is 0 Å². The van der Waals surface area contributed by atoms with Gasteiger partial charge in [0, 0.05) is 11.6 Å². The zero-order valence-corrected chi connectivity index (χ0v) is 12.3. The molecule has 0 atom stereocenters. The summed E-state index contributed by atoms with van der Waals surface area (Å²) in [5.41, 5.74) is 1.09. The van der Waals surface area contributed by atoms with E-state index in [4.69, 9.17) is 9.15 Å². The molecule has 0 aliphatic heterocycles. The first-order valence-corrected chi connectivity index (χ1v) is 7.50. The largest absolute Gasteiger partial charge is 0.485 e. The lowest BCUT2D eigenvalue weighted by molar-refractivity contribution is 0.264. The maximum absolute atomic E-state index is 5.86. The summed E-state index contributed by atoms with van der Waals surface area (Å²) in [6.07, 6.45) is 6.63. The molecule has 3 rings (SSSR count). The zero-order chi connectivity index (χ0) is 14.5. The van der Waals surface area contributed by atoms with Crippen molar-refractivity contribution in [2.45, 2.75) is 39.0 Å². The minimum atomic E-state index is 0.456. The van der Waals surface area contributed by atoms with Crippen LogP contribution in [-0.2, 0) is 13.2 Å². The normalized spacial score (nSPS) is 14.7. The fraction of sp³-hybridized carbons (Fsp3) is 0.333. The van der Waals surface area contributed by atoms with Crippen LogP contribution in [0, 0.1) is 0 Å². The number of nitrogens with one attached hydrogen (secondary N) is 1. The minimum Gasteiger partial charge on any atom is -0.485 e. The second kappa shape index (κ2) is 6.64. The quantitative estimate of drug-likeness (QED) is 0.829. The maximum Gasteiger partial charge on any atom is 0.146 e. The third-order valence-corrected chi connectivity index (χ3v) is 3.49. The van der Waals surface area contributed by atoms with E-state index in [1.807, 2.05) is 55.5 Å². The van der Waals surface area contributed by atoms with Crippen LogP contribution in [0.15, 0.2) is 46.9 Å². The summed E-state index contributed by atoms with van der Waals surface area (Å²) in [5, 5.41) is 3.44. The van der Waals surface area contributed by atoms with E-state index in [1.165, 1.54) is 12.8 Å². The van der Waals surface area contributed by atoms with Crippen LogP contribution in [0.4, 0.5) is 0 Å². The molecule has 1 aromatic carbocycles. The molecule has 2 aromatic rings. The molecule has 0 radical (unpaired) electrons. The molecular weight excluding hydrogens is 262 g/mol. The number of ether oxygens (including phenoxy) is 1. The summed E-state index contributed by atoms with van der Waals surface area (Å²) in [6.45, 7) is 3.26. The molecule has 1 aliphatic rings. The van der Waals surface area contributed by atoms with Crippen LogP contribution >= 0.6 is 0 Å². The molecule has 0 amide bonds. The van der Waals surface area contributed by atoms with Crippen LogP contribution in [-0.4, -0.2) is 6.04 Å². The monoisotopic (exact) mass is 283 g/mol. The Morgan fingerprint density at radius 3 is 2.81 bits per heavy atom. The molecule has 1 fully saturated rings. The van der Waals surface area contributed by atoms with Gasteiger partial charge >= 0.3 is 0 Å². The van der Waals surface area contributed by atoms with Gasteiger partial charge in [0.25, 0.3) is 0 Å². The van der Waals surface area contributed by atoms with E-state index >= 15 is 0 Å². The highest BCUT2D eigenvalue weighted by Crippen LogP contribution is 2.22. The number of benzene rings is 1. The number of hydrogen-bond donors (Lipinski definition) is 1. The van der Waals surface area contributed by atoms with Gasteiger partial charge in [-0.3, -0.25) is 0 Å². The van der Waals surface area contributed by atoms with Gasteiger partial charge in [-0.05, 0) is 38.0 Å². The van der Waals surface area contributed by atoms with Gasteiger partial charge < -0.3 is 14.5 Å². The lowest BCUT2D eigenvalue weighted by Crippen LogP contribution is -2.14. The number of allylic oxidation sites excluding steroid dienone is 1. The van der Waals surface area contributed by atoms with Crippen LogP contribution in [0.2, 0.25) is 0 Å². The Balaban J connectivity index is 1.57. The molecular formula is C18H21NO2. The van der Waals surface area contributed by atoms with Crippen LogP contribution < -0.4 is 10.1 Å². The molecule has 1 aromatic heterocycles. The number of para-hydroxylation sites is 1. The van der Waals surface area contributed by atoms with Crippen molar-refractivity contribution in [3.05, 3.63) is 59.6 Å². The Bertz CT molecular complexity index is 611. The number of furan rings is 1. The Morgan fingerprint density at radius 2 is 2.00 bits per heavy atom. The fourth-order valence-corrected chi connectivity index (χ4v) is 2.21. The van der Waals surface area contributed by atoms with E-state index in [1.54, 1.807) is 0 Å². The van der Waals surface area contributed by atoms with Gasteiger partial charge in [-0.15, -0.1) is 0 Å². The average Bonchev–Trinajstić information content (AvgIpc) is 3.23. The van der Waals surface area contributed by atoms with Gasteiger partial charge in [0.05, 0.1) is 6.54 Å². The van der Waals surface area contributed by atoms with Crippen LogP contribution in [0.25, 0.3) is 6.08 Å². The van der Waals surface area contributed by atoms with Gasteiger partial charge in [0.1, 0.15) is 23.9 Å². The number of rotatable bonds is 7. The van der Waals surface area contributed by atoms with Crippen molar-refractivity contribution in [1.29, 1.82) is 0 Å². The van der Waals surface area contributed by atoms with Crippen molar-refractivity contribution in [2.24, 2.45) is 0 Å². The van der Waals surface area contributed by atoms with Crippen LogP contribution in [0.5, 0.6) is 5.75 Å². The predicted molar refractivity (Wildman–Crippen MR) is 84.1 cm³/mol. The highest BCUT2D eigenvalue weighted by Gasteiger charge is 2.20. The van der Waals surface area contributed by atoms with E-state index < -0.39 is 0 Å². The van der Waals surface area contributed by atoms with Crippen LogP contribution in [0.1, 0.15) is 36.8 Å². The first-order chi connectivity index (χ1) is 10.3. The first kappa shape index (κ1) is 14.0. The first-order valence-electron chi connectivity index (χ1n) is 7.50. The Hall–Kier alpha value is -2.00. The lowest BCUT2D eigenvalue weighted by Gasteiger charge is -2.07. The molecule has 1 N–H and O–H groups in total. The third-order valence-electron chi connectivity index (χ3n) is 3.49. The van der Waals surface area contributed by atoms with Gasteiger partial charge in [0.15, 0.2) is 0 Å². The van der Waals surface area contributed by atoms with Gasteiger partial charge in [-0.1, -0.05) is 30.4 Å². The average molecular weight is 283 g/mol. The van der Waals surface area contributed by atoms with Crippen molar-refractivity contribution in [2.75, 3.05) is 0 Å². The van der Waals surface area contributed by atoms with E-state index in [9.17, 15) is 0 Å². The summed E-state index contributed by atoms with van der Waals surface area (Å²) in [7, 11) is 0. The lowest BCUT2D eigenvalue weighted by atomic mass is 10.2. The third kappa shape index (κ3) is 3.99. The van der Waals surface area contributed by atoms with Crippen molar-refractivity contribution in [3.63, 3.8) is 0 Å². The van der Waals surface area contributed by atoms with Crippen molar-refractivity contribution >= 4 is 6.08 Å². The molecule has 1 aliphatic carbocycles. The molecule has 3 heteroatoms. The molecule has 0 saturated heterocycles. The summed E-state index contributed by atoms with van der Waals surface area (Å²) in [5.74, 6) is 2.71. The summed E-state index contributed by atoms with van der Waals surface area (Å²) in [4.78, 5) is 0. The second-order valence-corrected chi connectivity index (χ2v) is 5.35. The topological polar surface area (TPSA) is 34.4 Å². The molecule has 0 unspecified atom stereocenters. The van der Waals surface area contributed by atoms with Crippen molar-refractivity contribution in [3.8, 4) is 5.75 Å². The van der Waals surface area contributed by atoms with E-state index in [0.717, 1.165) is 29.4 Å². The van der Waals surface area contributed by atoms with Gasteiger partial charge in [-0.2, -0.15) is 0 Å². The van der Waals surface area contributed by atoms with Gasteiger partial charge in [0.2, 0.25) is 0 Å². The summed E-state index contributed by atoms with van der Waals surface area (Å²) >= 11 is 0. The smallest absolute Gasteiger partial charge is 0.146 e. The van der Waals surface area contributed by atoms with E-state index in [-0.39, 0.29) is 0 Å². The van der Waals surface area contributed by atoms with Gasteiger partial charge in [-0.25, -0.2) is 0 Å². The Kier molecular flexibility index (Phi) is 4.41. The Labute approximate surface area is 125 Å². The minimum absolute atomic E-state index is 0.456. The maximum atomic E-state index is 5.86. The predicted octanol–water partition coefficient (Wildman–Crippen LogP) is 4.14. The summed E-state index contributed by atoms with van der Waals surface area (Å²) < 4.78 is 11.6. The fourth-order valence-electron chi connectivity index (χ4n) is 2.21. The Morgan fingerprint density at radius 1 is 1.19 bits per heavy atom. The van der Waals surface area contributed by atoms with Crippen molar-refractivity contribution < 1.29 is 9.15 Å². The molecule has 0 bridgehead atoms. The SMILES string of the molecule is CC=Cc1ccccc1OCc1ccc(CNC2CC2)o1. The molecule has 3 nitrogen and oxygen atoms in total. The van der Waals surface area contributed by atoms with Crippen molar-refractivity contribution in [1.82, 2.24) is 5.32 Å². The molecule has 0 spiro atoms. The molecule has 1 saturated carbocycles. The second-order valence-electron chi connectivity index (χ2n) is 5.35. The molecule has 1 heterocycles. The molecule has 21 heavy (non-hydrogen) atoms. The summed E-state index contributed by atoms with van der Waals surface area (Å²) in [6, 6.07) is 12.7.